The van der Waals surface area contributed by atoms with E-state index in [4.69, 9.17) is 10.00 Å². The number of allylic oxidation sites excluding steroid dienone is 1. The normalized spacial score (nSPS) is 16.4. The predicted octanol–water partition coefficient (Wildman–Crippen LogP) is 4.16. The standard InChI is InChI=1S/C19H24FN5O2/c1-13(20)16(22-5)19(9-6-10-19)12-25(17(26)27-18(2,3)4)15-8-7-14(11-21)23-24-15/h7-8H,5-6,9-10,12H2,1-4H3. The number of amides is 1. The molecule has 0 aliphatic heterocycles. The van der Waals surface area contributed by atoms with Crippen LogP contribution in [-0.2, 0) is 4.74 Å². The molecule has 2 rings (SSSR count). The maximum absolute atomic E-state index is 14.1. The minimum atomic E-state index is -0.715. The fraction of sp³-hybridized carbons (Fsp3) is 0.526. The van der Waals surface area contributed by atoms with Crippen molar-refractivity contribution in [1.82, 2.24) is 10.2 Å². The highest BCUT2D eigenvalue weighted by Crippen LogP contribution is 2.49. The Balaban J connectivity index is 2.42. The molecule has 0 radical (unpaired) electrons. The van der Waals surface area contributed by atoms with Crippen LogP contribution >= 0.6 is 0 Å². The number of halogens is 1. The van der Waals surface area contributed by atoms with Gasteiger partial charge in [-0.25, -0.2) is 9.18 Å². The van der Waals surface area contributed by atoms with Gasteiger partial charge in [0.15, 0.2) is 11.5 Å². The lowest BCUT2D eigenvalue weighted by molar-refractivity contribution is 0.0545. The van der Waals surface area contributed by atoms with E-state index in [9.17, 15) is 9.18 Å². The molecular weight excluding hydrogens is 349 g/mol. The highest BCUT2D eigenvalue weighted by Gasteiger charge is 2.45. The van der Waals surface area contributed by atoms with Crippen LogP contribution in [0.15, 0.2) is 28.6 Å². The second-order valence-electron chi connectivity index (χ2n) is 7.63. The molecule has 144 valence electrons. The molecule has 1 heterocycles. The summed E-state index contributed by atoms with van der Waals surface area (Å²) in [6, 6.07) is 4.88. The van der Waals surface area contributed by atoms with E-state index in [-0.39, 0.29) is 23.8 Å². The van der Waals surface area contributed by atoms with E-state index in [1.165, 1.54) is 24.0 Å². The molecule has 1 aliphatic carbocycles. The minimum Gasteiger partial charge on any atom is -0.443 e. The van der Waals surface area contributed by atoms with Crippen molar-refractivity contribution in [3.8, 4) is 6.07 Å². The molecule has 0 saturated heterocycles. The summed E-state index contributed by atoms with van der Waals surface area (Å²) in [5.41, 5.74) is -0.973. The Morgan fingerprint density at radius 1 is 1.44 bits per heavy atom. The number of anilines is 1. The summed E-state index contributed by atoms with van der Waals surface area (Å²) < 4.78 is 19.6. The molecule has 0 atom stereocenters. The van der Waals surface area contributed by atoms with Crippen LogP contribution in [0.1, 0.15) is 52.7 Å². The van der Waals surface area contributed by atoms with Gasteiger partial charge in [0.05, 0.1) is 5.70 Å². The quantitative estimate of drug-likeness (QED) is 0.723. The van der Waals surface area contributed by atoms with Gasteiger partial charge in [0.2, 0.25) is 0 Å². The topological polar surface area (TPSA) is 91.5 Å². The zero-order valence-electron chi connectivity index (χ0n) is 16.1. The molecule has 1 aromatic rings. The van der Waals surface area contributed by atoms with Crippen LogP contribution in [0.5, 0.6) is 0 Å². The third-order valence-electron chi connectivity index (χ3n) is 4.41. The number of rotatable bonds is 5. The van der Waals surface area contributed by atoms with Crippen LogP contribution < -0.4 is 4.90 Å². The number of aliphatic imine (C=N–C) groups is 1. The van der Waals surface area contributed by atoms with E-state index in [0.29, 0.717) is 12.8 Å². The third kappa shape index (κ3) is 4.67. The van der Waals surface area contributed by atoms with Crippen LogP contribution in [0.3, 0.4) is 0 Å². The van der Waals surface area contributed by atoms with Crippen molar-refractivity contribution >= 4 is 18.6 Å². The SMILES string of the molecule is C=NC(=C(C)F)C1(CN(C(=O)OC(C)(C)C)c2ccc(C#N)nn2)CCC1. The second-order valence-corrected chi connectivity index (χ2v) is 7.63. The highest BCUT2D eigenvalue weighted by atomic mass is 19.1. The fourth-order valence-electron chi connectivity index (χ4n) is 3.10. The Labute approximate surface area is 158 Å². The monoisotopic (exact) mass is 373 g/mol. The number of nitriles is 1. The molecule has 0 spiro atoms. The Morgan fingerprint density at radius 3 is 2.48 bits per heavy atom. The van der Waals surface area contributed by atoms with Gasteiger partial charge in [-0.05, 0) is 59.4 Å². The van der Waals surface area contributed by atoms with Gasteiger partial charge in [0, 0.05) is 12.0 Å². The lowest BCUT2D eigenvalue weighted by atomic mass is 9.66. The zero-order valence-corrected chi connectivity index (χ0v) is 16.1. The Hall–Kier alpha value is -2.82. The van der Waals surface area contributed by atoms with Crippen molar-refractivity contribution in [2.24, 2.45) is 10.4 Å². The smallest absolute Gasteiger partial charge is 0.416 e. The molecule has 1 fully saturated rings. The molecule has 0 bridgehead atoms. The average molecular weight is 373 g/mol. The zero-order chi connectivity index (χ0) is 20.2. The number of nitrogens with zero attached hydrogens (tertiary/aromatic N) is 5. The molecule has 1 aromatic heterocycles. The third-order valence-corrected chi connectivity index (χ3v) is 4.41. The van der Waals surface area contributed by atoms with Crippen LogP contribution in [0.2, 0.25) is 0 Å². The van der Waals surface area contributed by atoms with Gasteiger partial charge in [0.1, 0.15) is 17.5 Å². The van der Waals surface area contributed by atoms with E-state index in [0.717, 1.165) is 6.42 Å². The van der Waals surface area contributed by atoms with E-state index in [1.54, 1.807) is 20.8 Å². The van der Waals surface area contributed by atoms with Crippen molar-refractivity contribution in [3.63, 3.8) is 0 Å². The van der Waals surface area contributed by atoms with Crippen LogP contribution in [-0.4, -0.2) is 35.2 Å². The summed E-state index contributed by atoms with van der Waals surface area (Å²) in [5, 5.41) is 16.7. The molecule has 0 aromatic carbocycles. The molecule has 0 unspecified atom stereocenters. The van der Waals surface area contributed by atoms with E-state index < -0.39 is 22.9 Å². The molecule has 1 amide bonds. The summed E-state index contributed by atoms with van der Waals surface area (Å²) in [4.78, 5) is 18.0. The van der Waals surface area contributed by atoms with E-state index in [2.05, 4.69) is 21.9 Å². The summed E-state index contributed by atoms with van der Waals surface area (Å²) in [6.45, 7) is 10.2. The first kappa shape index (κ1) is 20.5. The predicted molar refractivity (Wildman–Crippen MR) is 100.0 cm³/mol. The van der Waals surface area contributed by atoms with Crippen molar-refractivity contribution in [2.75, 3.05) is 11.4 Å². The van der Waals surface area contributed by atoms with Crippen molar-refractivity contribution in [3.05, 3.63) is 29.4 Å². The number of carbonyl (C=O) groups excluding carboxylic acids is 1. The van der Waals surface area contributed by atoms with Gasteiger partial charge in [-0.2, -0.15) is 5.26 Å². The molecule has 7 nitrogen and oxygen atoms in total. The lowest BCUT2D eigenvalue weighted by Gasteiger charge is -2.44. The van der Waals surface area contributed by atoms with Gasteiger partial charge < -0.3 is 4.74 Å². The van der Waals surface area contributed by atoms with Crippen LogP contribution in [0.25, 0.3) is 0 Å². The molecule has 27 heavy (non-hydrogen) atoms. The second kappa shape index (κ2) is 7.82. The van der Waals surface area contributed by atoms with Gasteiger partial charge in [0.25, 0.3) is 0 Å². The van der Waals surface area contributed by atoms with Crippen LogP contribution in [0, 0.1) is 16.7 Å². The summed E-state index contributed by atoms with van der Waals surface area (Å²) >= 11 is 0. The molecule has 1 aliphatic rings. The first-order valence-corrected chi connectivity index (χ1v) is 8.70. The number of ether oxygens (including phenoxy) is 1. The first-order valence-electron chi connectivity index (χ1n) is 8.70. The molecule has 1 saturated carbocycles. The van der Waals surface area contributed by atoms with Crippen molar-refractivity contribution in [1.29, 1.82) is 5.26 Å². The van der Waals surface area contributed by atoms with Gasteiger partial charge in [-0.15, -0.1) is 10.2 Å². The maximum atomic E-state index is 14.1. The largest absolute Gasteiger partial charge is 0.443 e. The number of aromatic nitrogens is 2. The highest BCUT2D eigenvalue weighted by molar-refractivity contribution is 5.86. The fourth-order valence-corrected chi connectivity index (χ4v) is 3.10. The maximum Gasteiger partial charge on any atom is 0.416 e. The summed E-state index contributed by atoms with van der Waals surface area (Å²) in [7, 11) is 0. The first-order chi connectivity index (χ1) is 12.6. The molecule has 0 N–H and O–H groups in total. The van der Waals surface area contributed by atoms with E-state index >= 15 is 0 Å². The Morgan fingerprint density at radius 2 is 2.11 bits per heavy atom. The summed E-state index contributed by atoms with van der Waals surface area (Å²) in [5.74, 6) is -0.186. The number of carbonyl (C=O) groups is 1. The number of hydrogen-bond donors (Lipinski definition) is 0. The van der Waals surface area contributed by atoms with Gasteiger partial charge in [-0.3, -0.25) is 9.89 Å². The molecule has 8 heteroatoms. The van der Waals surface area contributed by atoms with Crippen molar-refractivity contribution in [2.45, 2.75) is 52.6 Å². The van der Waals surface area contributed by atoms with E-state index in [1.807, 2.05) is 6.07 Å². The number of hydrogen-bond acceptors (Lipinski definition) is 6. The van der Waals surface area contributed by atoms with Gasteiger partial charge in [-0.1, -0.05) is 6.42 Å². The molecular formula is C19H24FN5O2. The Kier molecular flexibility index (Phi) is 5.94. The Bertz CT molecular complexity index is 782. The lowest BCUT2D eigenvalue weighted by Crippen LogP contribution is -2.48. The minimum absolute atomic E-state index is 0.134. The summed E-state index contributed by atoms with van der Waals surface area (Å²) in [6.07, 6.45) is 1.62. The van der Waals surface area contributed by atoms with Gasteiger partial charge >= 0.3 is 6.09 Å². The van der Waals surface area contributed by atoms with Crippen LogP contribution in [0.4, 0.5) is 15.0 Å². The van der Waals surface area contributed by atoms with Crippen molar-refractivity contribution < 1.29 is 13.9 Å². The average Bonchev–Trinajstić information content (AvgIpc) is 2.55.